The lowest BCUT2D eigenvalue weighted by Crippen LogP contribution is -2.57. The summed E-state index contributed by atoms with van der Waals surface area (Å²) in [6.45, 7) is 13.2. The van der Waals surface area contributed by atoms with Crippen LogP contribution in [0.4, 0.5) is 9.59 Å². The molecule has 1 aromatic carbocycles. The number of hydrogen-bond acceptors (Lipinski definition) is 9. The number of phenols is 1. The fourth-order valence-corrected chi connectivity index (χ4v) is 4.21. The number of carbonyl (C=O) groups is 5. The number of aromatic hydroxyl groups is 1. The van der Waals surface area contributed by atoms with Crippen molar-refractivity contribution in [3.63, 3.8) is 0 Å². The first-order valence-electron chi connectivity index (χ1n) is 14.7. The molecule has 0 saturated heterocycles. The van der Waals surface area contributed by atoms with Crippen LogP contribution in [-0.2, 0) is 30.3 Å². The van der Waals surface area contributed by atoms with Gasteiger partial charge in [-0.15, -0.1) is 0 Å². The average Bonchev–Trinajstić information content (AvgIpc) is 2.86. The van der Waals surface area contributed by atoms with Gasteiger partial charge in [-0.3, -0.25) is 15.0 Å². The highest BCUT2D eigenvalue weighted by molar-refractivity contribution is 5.93. The van der Waals surface area contributed by atoms with Crippen LogP contribution in [0.5, 0.6) is 5.75 Å². The Balaban J connectivity index is 3.28. The van der Waals surface area contributed by atoms with Gasteiger partial charge in [0, 0.05) is 19.5 Å². The Hall–Kier alpha value is -4.76. The molecule has 0 radical (unpaired) electrons. The molecule has 0 spiro atoms. The molecule has 16 heteroatoms. The Morgan fingerprint density at radius 1 is 0.783 bits per heavy atom. The molecule has 0 bridgehead atoms. The van der Waals surface area contributed by atoms with Gasteiger partial charge >= 0.3 is 18.2 Å². The first kappa shape index (κ1) is 39.3. The van der Waals surface area contributed by atoms with Crippen molar-refractivity contribution in [2.24, 2.45) is 5.73 Å². The average molecular weight is 652 g/mol. The molecule has 3 unspecified atom stereocenters. The van der Waals surface area contributed by atoms with E-state index in [4.69, 9.17) is 20.6 Å². The van der Waals surface area contributed by atoms with Crippen LogP contribution in [-0.4, -0.2) is 88.6 Å². The van der Waals surface area contributed by atoms with Crippen LogP contribution in [0, 0.1) is 19.3 Å². The predicted molar refractivity (Wildman–Crippen MR) is 169 cm³/mol. The zero-order valence-electron chi connectivity index (χ0n) is 27.8. The van der Waals surface area contributed by atoms with Crippen LogP contribution in [0.3, 0.4) is 0 Å². The van der Waals surface area contributed by atoms with E-state index in [0.29, 0.717) is 16.7 Å². The van der Waals surface area contributed by atoms with Crippen LogP contribution in [0.15, 0.2) is 12.1 Å². The molecule has 10 N–H and O–H groups in total. The lowest BCUT2D eigenvalue weighted by Gasteiger charge is -2.27. The number of phenolic OH excluding ortho intramolecular Hbond substituents is 1. The van der Waals surface area contributed by atoms with Gasteiger partial charge in [0.25, 0.3) is 0 Å². The third-order valence-corrected chi connectivity index (χ3v) is 6.19. The zero-order chi connectivity index (χ0) is 35.4. The number of carboxylic acid groups (broad SMARTS) is 1. The second-order valence-corrected chi connectivity index (χ2v) is 12.8. The van der Waals surface area contributed by atoms with E-state index in [2.05, 4.69) is 26.6 Å². The Morgan fingerprint density at radius 2 is 1.24 bits per heavy atom. The first-order valence-corrected chi connectivity index (χ1v) is 14.7. The number of carbonyl (C=O) groups excluding carboxylic acids is 4. The van der Waals surface area contributed by atoms with Crippen molar-refractivity contribution in [2.75, 3.05) is 13.1 Å². The highest BCUT2D eigenvalue weighted by Crippen LogP contribution is 2.22. The lowest BCUT2D eigenvalue weighted by molar-refractivity contribution is -0.142. The van der Waals surface area contributed by atoms with Crippen LogP contribution in [0.1, 0.15) is 71.1 Å². The van der Waals surface area contributed by atoms with Gasteiger partial charge in [0.2, 0.25) is 11.8 Å². The number of nitrogens with one attached hydrogen (secondary N) is 6. The summed E-state index contributed by atoms with van der Waals surface area (Å²) in [6, 6.07) is -1.05. The number of alkyl carbamates (subject to hydrolysis) is 2. The van der Waals surface area contributed by atoms with Gasteiger partial charge in [-0.1, -0.05) is 0 Å². The molecule has 0 saturated carbocycles. The minimum Gasteiger partial charge on any atom is -0.508 e. The lowest BCUT2D eigenvalue weighted by atomic mass is 9.95. The van der Waals surface area contributed by atoms with Crippen molar-refractivity contribution in [1.29, 1.82) is 5.41 Å². The number of rotatable bonds is 14. The first-order chi connectivity index (χ1) is 21.1. The largest absolute Gasteiger partial charge is 0.508 e. The smallest absolute Gasteiger partial charge is 0.408 e. The molecule has 1 rings (SSSR count). The summed E-state index contributed by atoms with van der Waals surface area (Å²) < 4.78 is 10.4. The minimum atomic E-state index is -1.45. The van der Waals surface area contributed by atoms with Crippen LogP contribution in [0.2, 0.25) is 0 Å². The Kier molecular flexibility index (Phi) is 14.6. The summed E-state index contributed by atoms with van der Waals surface area (Å²) in [7, 11) is 0. The second-order valence-electron chi connectivity index (χ2n) is 12.8. The van der Waals surface area contributed by atoms with Crippen LogP contribution >= 0.6 is 0 Å². The van der Waals surface area contributed by atoms with Gasteiger partial charge < -0.3 is 52.0 Å². The highest BCUT2D eigenvalue weighted by atomic mass is 16.6. The van der Waals surface area contributed by atoms with E-state index in [0.717, 1.165) is 0 Å². The minimum absolute atomic E-state index is 0.00631. The topological polar surface area (TPSA) is 254 Å². The van der Waals surface area contributed by atoms with Gasteiger partial charge in [0.05, 0.1) is 0 Å². The third kappa shape index (κ3) is 15.3. The molecule has 0 aliphatic rings. The standard InChI is InChI=1S/C30H49N7O9/c1-16-13-18(38)14-17(2)19(16)15-22(24(40)35-21(25(41)42)10-12-34-27(43)45-29(3,4)5)36-23(39)20(9-11-33-26(31)32)37-28(44)46-30(6,7)8/h13-14,20-22,38H,9-12,15H2,1-8H3,(H,34,43)(H,35,40)(H,36,39)(H,37,44)(H,41,42)(H4,31,32,33). The number of benzene rings is 1. The number of amides is 4. The molecule has 258 valence electrons. The van der Waals surface area contributed by atoms with Gasteiger partial charge in [-0.05, 0) is 97.1 Å². The number of aliphatic carboxylic acids is 1. The summed E-state index contributed by atoms with van der Waals surface area (Å²) >= 11 is 0. The maximum Gasteiger partial charge on any atom is 0.408 e. The molecule has 3 atom stereocenters. The fourth-order valence-electron chi connectivity index (χ4n) is 4.21. The van der Waals surface area contributed by atoms with Crippen molar-refractivity contribution in [3.05, 3.63) is 28.8 Å². The molecule has 4 amide bonds. The molecule has 0 heterocycles. The normalized spacial score (nSPS) is 13.3. The molecule has 46 heavy (non-hydrogen) atoms. The van der Waals surface area contributed by atoms with E-state index in [1.165, 1.54) is 12.1 Å². The van der Waals surface area contributed by atoms with Gasteiger partial charge in [0.1, 0.15) is 35.1 Å². The van der Waals surface area contributed by atoms with Crippen molar-refractivity contribution < 1.29 is 43.7 Å². The maximum absolute atomic E-state index is 13.6. The number of guanidine groups is 1. The summed E-state index contributed by atoms with van der Waals surface area (Å²) in [5, 5.41) is 39.6. The van der Waals surface area contributed by atoms with E-state index >= 15 is 0 Å². The predicted octanol–water partition coefficient (Wildman–Crippen LogP) is 1.29. The van der Waals surface area contributed by atoms with Crippen molar-refractivity contribution in [3.8, 4) is 5.75 Å². The van der Waals surface area contributed by atoms with E-state index in [1.807, 2.05) is 0 Å². The van der Waals surface area contributed by atoms with Crippen molar-refractivity contribution in [2.45, 2.75) is 104 Å². The molecule has 0 aliphatic heterocycles. The molecule has 0 aromatic heterocycles. The Morgan fingerprint density at radius 3 is 1.74 bits per heavy atom. The van der Waals surface area contributed by atoms with E-state index in [1.54, 1.807) is 55.4 Å². The molecule has 0 fully saturated rings. The quantitative estimate of drug-likeness (QED) is 0.102. The Bertz CT molecular complexity index is 1250. The molecule has 0 aliphatic carbocycles. The second kappa shape index (κ2) is 17.1. The number of hydrogen-bond donors (Lipinski definition) is 9. The van der Waals surface area contributed by atoms with Gasteiger partial charge in [0.15, 0.2) is 5.96 Å². The highest BCUT2D eigenvalue weighted by Gasteiger charge is 2.31. The van der Waals surface area contributed by atoms with Gasteiger partial charge in [-0.25, -0.2) is 14.4 Å². The molecule has 16 nitrogen and oxygen atoms in total. The summed E-state index contributed by atoms with van der Waals surface area (Å²) in [5.41, 5.74) is 5.57. The fraction of sp³-hybridized carbons (Fsp3) is 0.600. The molecular formula is C30H49N7O9. The van der Waals surface area contributed by atoms with E-state index in [-0.39, 0.29) is 44.1 Å². The summed E-state index contributed by atoms with van der Waals surface area (Å²) in [5.74, 6) is -3.35. The zero-order valence-corrected chi connectivity index (χ0v) is 27.8. The van der Waals surface area contributed by atoms with Crippen LogP contribution in [0.25, 0.3) is 0 Å². The SMILES string of the molecule is Cc1cc(O)cc(C)c1CC(NC(=O)C(CCNC(=N)N)NC(=O)OC(C)(C)C)C(=O)NC(CCNC(=O)OC(C)(C)C)C(=O)O. The molecular weight excluding hydrogens is 602 g/mol. The van der Waals surface area contributed by atoms with Crippen molar-refractivity contribution >= 4 is 35.9 Å². The van der Waals surface area contributed by atoms with E-state index < -0.39 is 59.3 Å². The van der Waals surface area contributed by atoms with E-state index in [9.17, 15) is 34.2 Å². The Labute approximate surface area is 269 Å². The van der Waals surface area contributed by atoms with Gasteiger partial charge in [-0.2, -0.15) is 0 Å². The summed E-state index contributed by atoms with van der Waals surface area (Å²) in [6.07, 6.45) is -2.00. The monoisotopic (exact) mass is 651 g/mol. The molecule has 1 aromatic rings. The van der Waals surface area contributed by atoms with Crippen LogP contribution < -0.4 is 32.3 Å². The third-order valence-electron chi connectivity index (χ3n) is 6.19. The van der Waals surface area contributed by atoms with Crippen molar-refractivity contribution in [1.82, 2.24) is 26.6 Å². The number of aryl methyl sites for hydroxylation is 2. The number of nitrogens with two attached hydrogens (primary N) is 1. The number of carboxylic acids is 1. The maximum atomic E-state index is 13.6. The number of ether oxygens (including phenoxy) is 2. The summed E-state index contributed by atoms with van der Waals surface area (Å²) in [4.78, 5) is 63.7.